The van der Waals surface area contributed by atoms with Gasteiger partial charge in [-0.2, -0.15) is 0 Å². The van der Waals surface area contributed by atoms with E-state index < -0.39 is 0 Å². The molecule has 1 aromatic carbocycles. The molecule has 1 aliphatic rings. The molecule has 1 aromatic rings. The molecule has 0 aliphatic heterocycles. The number of aryl methyl sites for hydroxylation is 1. The second-order valence-corrected chi connectivity index (χ2v) is 4.83. The zero-order valence-corrected chi connectivity index (χ0v) is 10.1. The fourth-order valence-corrected chi connectivity index (χ4v) is 1.93. The highest BCUT2D eigenvalue weighted by molar-refractivity contribution is 5.79. The second kappa shape index (κ2) is 5.82. The summed E-state index contributed by atoms with van der Waals surface area (Å²) in [5.41, 5.74) is 6.66. The molecule has 1 aliphatic carbocycles. The Hall–Kier alpha value is -1.35. The number of benzene rings is 1. The summed E-state index contributed by atoms with van der Waals surface area (Å²) in [4.78, 5) is 11.3. The van der Waals surface area contributed by atoms with E-state index in [0.29, 0.717) is 0 Å². The average Bonchev–Trinajstić information content (AvgIpc) is 3.14. The van der Waals surface area contributed by atoms with Gasteiger partial charge in [0.2, 0.25) is 5.91 Å². The molecule has 3 heteroatoms. The molecule has 92 valence electrons. The molecule has 1 fully saturated rings. The van der Waals surface area contributed by atoms with Crippen LogP contribution in [0.4, 0.5) is 0 Å². The Morgan fingerprint density at radius 3 is 2.65 bits per heavy atom. The number of nitrogens with two attached hydrogens (primary N) is 1. The van der Waals surface area contributed by atoms with E-state index in [1.54, 1.807) is 0 Å². The standard InChI is InChI=1S/C14H20N2O/c15-14(17)13(16-10-12-6-7-12)9-8-11-4-2-1-3-5-11/h1-5,12-13,16H,6-10H2,(H2,15,17). The highest BCUT2D eigenvalue weighted by atomic mass is 16.1. The van der Waals surface area contributed by atoms with Crippen molar-refractivity contribution in [1.29, 1.82) is 0 Å². The van der Waals surface area contributed by atoms with Crippen molar-refractivity contribution in [1.82, 2.24) is 5.32 Å². The van der Waals surface area contributed by atoms with E-state index in [9.17, 15) is 4.79 Å². The van der Waals surface area contributed by atoms with Gasteiger partial charge in [-0.1, -0.05) is 30.3 Å². The first-order chi connectivity index (χ1) is 8.25. The van der Waals surface area contributed by atoms with Crippen LogP contribution in [-0.4, -0.2) is 18.5 Å². The molecule has 1 amide bonds. The third-order valence-corrected chi connectivity index (χ3v) is 3.26. The first-order valence-corrected chi connectivity index (χ1v) is 6.32. The van der Waals surface area contributed by atoms with Crippen LogP contribution in [-0.2, 0) is 11.2 Å². The first-order valence-electron chi connectivity index (χ1n) is 6.32. The van der Waals surface area contributed by atoms with E-state index in [4.69, 9.17) is 5.73 Å². The van der Waals surface area contributed by atoms with Crippen molar-refractivity contribution < 1.29 is 4.79 Å². The Bertz CT molecular complexity index is 360. The van der Waals surface area contributed by atoms with Crippen molar-refractivity contribution in [2.45, 2.75) is 31.7 Å². The summed E-state index contributed by atoms with van der Waals surface area (Å²) in [7, 11) is 0. The summed E-state index contributed by atoms with van der Waals surface area (Å²) in [6, 6.07) is 10.0. The van der Waals surface area contributed by atoms with E-state index in [1.807, 2.05) is 18.2 Å². The number of amides is 1. The number of carbonyl (C=O) groups excluding carboxylic acids is 1. The van der Waals surface area contributed by atoms with Gasteiger partial charge >= 0.3 is 0 Å². The van der Waals surface area contributed by atoms with Crippen LogP contribution in [0.25, 0.3) is 0 Å². The summed E-state index contributed by atoms with van der Waals surface area (Å²) in [5, 5.41) is 3.28. The molecule has 3 nitrogen and oxygen atoms in total. The van der Waals surface area contributed by atoms with Crippen molar-refractivity contribution in [3.8, 4) is 0 Å². The van der Waals surface area contributed by atoms with Crippen molar-refractivity contribution in [2.75, 3.05) is 6.54 Å². The van der Waals surface area contributed by atoms with Gasteiger partial charge < -0.3 is 11.1 Å². The number of rotatable bonds is 7. The molecule has 1 unspecified atom stereocenters. The molecule has 0 aromatic heterocycles. The third kappa shape index (κ3) is 4.19. The molecule has 0 heterocycles. The van der Waals surface area contributed by atoms with Crippen LogP contribution in [0.15, 0.2) is 30.3 Å². The third-order valence-electron chi connectivity index (χ3n) is 3.26. The first kappa shape index (κ1) is 12.1. The number of primary amides is 1. The minimum absolute atomic E-state index is 0.184. The van der Waals surface area contributed by atoms with Crippen LogP contribution in [0.5, 0.6) is 0 Å². The lowest BCUT2D eigenvalue weighted by Gasteiger charge is -2.15. The molecule has 1 saturated carbocycles. The normalized spacial score (nSPS) is 16.7. The van der Waals surface area contributed by atoms with Crippen LogP contribution in [0.1, 0.15) is 24.8 Å². The smallest absolute Gasteiger partial charge is 0.234 e. The van der Waals surface area contributed by atoms with E-state index in [2.05, 4.69) is 17.4 Å². The van der Waals surface area contributed by atoms with Crippen LogP contribution < -0.4 is 11.1 Å². The quantitative estimate of drug-likeness (QED) is 0.748. The predicted molar refractivity (Wildman–Crippen MR) is 68.5 cm³/mol. The van der Waals surface area contributed by atoms with Gasteiger partial charge in [-0.15, -0.1) is 0 Å². The van der Waals surface area contributed by atoms with Crippen molar-refractivity contribution in [2.24, 2.45) is 11.7 Å². The van der Waals surface area contributed by atoms with Crippen LogP contribution >= 0.6 is 0 Å². The number of hydrogen-bond donors (Lipinski definition) is 2. The molecular formula is C14H20N2O. The molecule has 2 rings (SSSR count). The maximum absolute atomic E-state index is 11.3. The lowest BCUT2D eigenvalue weighted by molar-refractivity contribution is -0.120. The minimum Gasteiger partial charge on any atom is -0.368 e. The number of hydrogen-bond acceptors (Lipinski definition) is 2. The SMILES string of the molecule is NC(=O)C(CCc1ccccc1)NCC1CC1. The Morgan fingerprint density at radius 2 is 2.06 bits per heavy atom. The van der Waals surface area contributed by atoms with Gasteiger partial charge in [-0.3, -0.25) is 4.79 Å². The fraction of sp³-hybridized carbons (Fsp3) is 0.500. The maximum atomic E-state index is 11.3. The second-order valence-electron chi connectivity index (χ2n) is 4.83. The van der Waals surface area contributed by atoms with Gasteiger partial charge in [-0.05, 0) is 43.7 Å². The summed E-state index contributed by atoms with van der Waals surface area (Å²) >= 11 is 0. The summed E-state index contributed by atoms with van der Waals surface area (Å²) in [6.07, 6.45) is 4.26. The van der Waals surface area contributed by atoms with E-state index in [-0.39, 0.29) is 11.9 Å². The van der Waals surface area contributed by atoms with Crippen LogP contribution in [0.3, 0.4) is 0 Å². The average molecular weight is 232 g/mol. The Labute approximate surface area is 102 Å². The molecule has 3 N–H and O–H groups in total. The van der Waals surface area contributed by atoms with Gasteiger partial charge in [-0.25, -0.2) is 0 Å². The fourth-order valence-electron chi connectivity index (χ4n) is 1.93. The molecule has 1 atom stereocenters. The zero-order chi connectivity index (χ0) is 12.1. The lowest BCUT2D eigenvalue weighted by Crippen LogP contribution is -2.42. The summed E-state index contributed by atoms with van der Waals surface area (Å²) < 4.78 is 0. The molecule has 0 saturated heterocycles. The maximum Gasteiger partial charge on any atom is 0.234 e. The van der Waals surface area contributed by atoms with Gasteiger partial charge in [0, 0.05) is 0 Å². The van der Waals surface area contributed by atoms with Crippen LogP contribution in [0, 0.1) is 5.92 Å². The van der Waals surface area contributed by atoms with E-state index >= 15 is 0 Å². The molecular weight excluding hydrogens is 212 g/mol. The summed E-state index contributed by atoms with van der Waals surface area (Å²) in [5.74, 6) is 0.537. The number of nitrogens with one attached hydrogen (secondary N) is 1. The van der Waals surface area contributed by atoms with Crippen molar-refractivity contribution in [3.05, 3.63) is 35.9 Å². The highest BCUT2D eigenvalue weighted by Gasteiger charge is 2.23. The Morgan fingerprint density at radius 1 is 1.35 bits per heavy atom. The van der Waals surface area contributed by atoms with Gasteiger partial charge in [0.15, 0.2) is 0 Å². The Balaban J connectivity index is 1.78. The topological polar surface area (TPSA) is 55.1 Å². The molecule has 0 radical (unpaired) electrons. The number of carbonyl (C=O) groups is 1. The molecule has 0 bridgehead atoms. The van der Waals surface area contributed by atoms with Gasteiger partial charge in [0.25, 0.3) is 0 Å². The highest BCUT2D eigenvalue weighted by Crippen LogP contribution is 2.27. The minimum atomic E-state index is -0.235. The lowest BCUT2D eigenvalue weighted by atomic mass is 10.0. The largest absolute Gasteiger partial charge is 0.368 e. The Kier molecular flexibility index (Phi) is 4.15. The molecule has 0 spiro atoms. The monoisotopic (exact) mass is 232 g/mol. The summed E-state index contributed by atoms with van der Waals surface area (Å²) in [6.45, 7) is 0.933. The van der Waals surface area contributed by atoms with E-state index in [0.717, 1.165) is 25.3 Å². The zero-order valence-electron chi connectivity index (χ0n) is 10.1. The molecule has 17 heavy (non-hydrogen) atoms. The predicted octanol–water partition coefficient (Wildman–Crippen LogP) is 1.47. The van der Waals surface area contributed by atoms with E-state index in [1.165, 1.54) is 18.4 Å². The van der Waals surface area contributed by atoms with Crippen molar-refractivity contribution >= 4 is 5.91 Å². The van der Waals surface area contributed by atoms with Crippen LogP contribution in [0.2, 0.25) is 0 Å². The van der Waals surface area contributed by atoms with Crippen molar-refractivity contribution in [3.63, 3.8) is 0 Å². The van der Waals surface area contributed by atoms with Gasteiger partial charge in [0.1, 0.15) is 0 Å². The van der Waals surface area contributed by atoms with Gasteiger partial charge in [0.05, 0.1) is 6.04 Å².